The van der Waals surface area contributed by atoms with Gasteiger partial charge in [0, 0.05) is 11.8 Å². The Bertz CT molecular complexity index is 189. The van der Waals surface area contributed by atoms with Gasteiger partial charge in [0.1, 0.15) is 0 Å². The highest BCUT2D eigenvalue weighted by atomic mass is 16.5. The van der Waals surface area contributed by atoms with Crippen LogP contribution in [0.25, 0.3) is 0 Å². The topological polar surface area (TPSA) is 29.5 Å². The van der Waals surface area contributed by atoms with Gasteiger partial charge in [-0.15, -0.1) is 0 Å². The van der Waals surface area contributed by atoms with Gasteiger partial charge < -0.3 is 9.84 Å². The fourth-order valence-electron chi connectivity index (χ4n) is 2.21. The maximum atomic E-state index is 9.66. The van der Waals surface area contributed by atoms with Crippen molar-refractivity contribution in [3.63, 3.8) is 0 Å². The van der Waals surface area contributed by atoms with Crippen LogP contribution in [0.1, 0.15) is 46.0 Å². The summed E-state index contributed by atoms with van der Waals surface area (Å²) < 4.78 is 5.94. The second kappa shape index (κ2) is 3.25. The molecule has 0 bridgehead atoms. The molecule has 0 aromatic carbocycles. The molecule has 0 heterocycles. The molecule has 0 saturated heterocycles. The third-order valence-corrected chi connectivity index (χ3v) is 4.10. The van der Waals surface area contributed by atoms with Crippen molar-refractivity contribution < 1.29 is 9.84 Å². The highest BCUT2D eigenvalue weighted by Crippen LogP contribution is 2.47. The summed E-state index contributed by atoms with van der Waals surface area (Å²) in [7, 11) is 0. The summed E-state index contributed by atoms with van der Waals surface area (Å²) in [5.74, 6) is 0. The van der Waals surface area contributed by atoms with E-state index in [1.54, 1.807) is 0 Å². The van der Waals surface area contributed by atoms with Crippen LogP contribution in [0.2, 0.25) is 0 Å². The molecule has 13 heavy (non-hydrogen) atoms. The number of aliphatic hydroxyl groups is 1. The molecule has 3 atom stereocenters. The Morgan fingerprint density at radius 3 is 2.54 bits per heavy atom. The van der Waals surface area contributed by atoms with Crippen molar-refractivity contribution in [2.75, 3.05) is 0 Å². The van der Waals surface area contributed by atoms with Gasteiger partial charge in [-0.3, -0.25) is 0 Å². The molecule has 2 aliphatic rings. The predicted octanol–water partition coefficient (Wildman–Crippen LogP) is 2.10. The summed E-state index contributed by atoms with van der Waals surface area (Å²) in [4.78, 5) is 0. The van der Waals surface area contributed by atoms with Crippen molar-refractivity contribution in [1.29, 1.82) is 0 Å². The molecule has 0 amide bonds. The average molecular weight is 184 g/mol. The van der Waals surface area contributed by atoms with Crippen molar-refractivity contribution in [1.82, 2.24) is 0 Å². The van der Waals surface area contributed by atoms with Crippen LogP contribution in [-0.2, 0) is 4.74 Å². The first kappa shape index (κ1) is 9.47. The molecule has 0 radical (unpaired) electrons. The van der Waals surface area contributed by atoms with Crippen molar-refractivity contribution in [2.45, 2.75) is 64.3 Å². The van der Waals surface area contributed by atoms with E-state index in [0.29, 0.717) is 12.2 Å². The van der Waals surface area contributed by atoms with Gasteiger partial charge in [-0.1, -0.05) is 13.8 Å². The lowest BCUT2D eigenvalue weighted by atomic mass is 9.63. The van der Waals surface area contributed by atoms with Crippen LogP contribution in [0.3, 0.4) is 0 Å². The zero-order valence-electron chi connectivity index (χ0n) is 8.62. The highest BCUT2D eigenvalue weighted by Gasteiger charge is 2.51. The quantitative estimate of drug-likeness (QED) is 0.728. The lowest BCUT2D eigenvalue weighted by molar-refractivity contribution is -0.214. The molecular formula is C11H20O2. The Hall–Kier alpha value is -0.0800. The van der Waals surface area contributed by atoms with Gasteiger partial charge in [-0.2, -0.15) is 0 Å². The van der Waals surface area contributed by atoms with Crippen LogP contribution in [0.5, 0.6) is 0 Å². The predicted molar refractivity (Wildman–Crippen MR) is 51.5 cm³/mol. The standard InChI is InChI=1S/C11H20O2/c1-3-11(2)9(12)7-10(11)13-8-5-4-6-8/h8-10,12H,3-7H2,1-2H3. The van der Waals surface area contributed by atoms with Gasteiger partial charge in [0.15, 0.2) is 0 Å². The number of hydrogen-bond donors (Lipinski definition) is 1. The second-order valence-corrected chi connectivity index (χ2v) is 4.79. The van der Waals surface area contributed by atoms with Crippen molar-refractivity contribution in [3.8, 4) is 0 Å². The van der Waals surface area contributed by atoms with Crippen LogP contribution in [0.4, 0.5) is 0 Å². The van der Waals surface area contributed by atoms with Gasteiger partial charge in [0.25, 0.3) is 0 Å². The molecule has 0 aromatic heterocycles. The zero-order chi connectivity index (χ0) is 9.47. The largest absolute Gasteiger partial charge is 0.392 e. The molecule has 3 unspecified atom stereocenters. The summed E-state index contributed by atoms with van der Waals surface area (Å²) in [5, 5.41) is 9.66. The van der Waals surface area contributed by atoms with Crippen molar-refractivity contribution in [2.24, 2.45) is 5.41 Å². The van der Waals surface area contributed by atoms with E-state index in [-0.39, 0.29) is 11.5 Å². The fraction of sp³-hybridized carbons (Fsp3) is 1.00. The molecule has 2 aliphatic carbocycles. The normalized spacial score (nSPS) is 45.5. The third kappa shape index (κ3) is 1.40. The summed E-state index contributed by atoms with van der Waals surface area (Å²) in [6.07, 6.45) is 6.33. The Kier molecular flexibility index (Phi) is 2.37. The van der Waals surface area contributed by atoms with E-state index in [2.05, 4.69) is 13.8 Å². The van der Waals surface area contributed by atoms with Crippen molar-refractivity contribution in [3.05, 3.63) is 0 Å². The minimum atomic E-state index is -0.137. The van der Waals surface area contributed by atoms with Gasteiger partial charge in [-0.05, 0) is 25.7 Å². The molecule has 2 saturated carbocycles. The minimum Gasteiger partial charge on any atom is -0.392 e. The SMILES string of the molecule is CCC1(C)C(O)CC1OC1CCC1. The maximum Gasteiger partial charge on any atom is 0.0681 e. The smallest absolute Gasteiger partial charge is 0.0681 e. The zero-order valence-corrected chi connectivity index (χ0v) is 8.62. The molecule has 0 spiro atoms. The summed E-state index contributed by atoms with van der Waals surface area (Å²) >= 11 is 0. The third-order valence-electron chi connectivity index (χ3n) is 4.10. The first-order chi connectivity index (χ1) is 6.16. The van der Waals surface area contributed by atoms with Crippen LogP contribution >= 0.6 is 0 Å². The molecule has 1 N–H and O–H groups in total. The lowest BCUT2D eigenvalue weighted by Crippen LogP contribution is -2.57. The Labute approximate surface area is 80.3 Å². The molecule has 76 valence electrons. The first-order valence-corrected chi connectivity index (χ1v) is 5.50. The average Bonchev–Trinajstić information content (AvgIpc) is 2.07. The lowest BCUT2D eigenvalue weighted by Gasteiger charge is -2.52. The summed E-state index contributed by atoms with van der Waals surface area (Å²) in [6, 6.07) is 0. The van der Waals surface area contributed by atoms with E-state index in [1.807, 2.05) is 0 Å². The minimum absolute atomic E-state index is 0.0373. The van der Waals surface area contributed by atoms with Gasteiger partial charge in [0.05, 0.1) is 18.3 Å². The van der Waals surface area contributed by atoms with Crippen LogP contribution in [0.15, 0.2) is 0 Å². The number of hydrogen-bond acceptors (Lipinski definition) is 2. The van der Waals surface area contributed by atoms with Crippen molar-refractivity contribution >= 4 is 0 Å². The van der Waals surface area contributed by atoms with Crippen LogP contribution < -0.4 is 0 Å². The second-order valence-electron chi connectivity index (χ2n) is 4.79. The van der Waals surface area contributed by atoms with E-state index in [0.717, 1.165) is 12.8 Å². The highest BCUT2D eigenvalue weighted by molar-refractivity contribution is 5.01. The Morgan fingerprint density at radius 2 is 2.15 bits per heavy atom. The number of ether oxygens (including phenoxy) is 1. The Morgan fingerprint density at radius 1 is 1.46 bits per heavy atom. The number of rotatable bonds is 3. The molecule has 2 heteroatoms. The summed E-state index contributed by atoms with van der Waals surface area (Å²) in [6.45, 7) is 4.28. The van der Waals surface area contributed by atoms with E-state index >= 15 is 0 Å². The van der Waals surface area contributed by atoms with E-state index in [4.69, 9.17) is 4.74 Å². The van der Waals surface area contributed by atoms with Crippen LogP contribution in [0, 0.1) is 5.41 Å². The molecular weight excluding hydrogens is 164 g/mol. The molecule has 0 aliphatic heterocycles. The van der Waals surface area contributed by atoms with Gasteiger partial charge in [-0.25, -0.2) is 0 Å². The molecule has 2 fully saturated rings. The van der Waals surface area contributed by atoms with E-state index < -0.39 is 0 Å². The van der Waals surface area contributed by atoms with E-state index in [1.165, 1.54) is 19.3 Å². The molecule has 0 aromatic rings. The number of aliphatic hydroxyl groups excluding tert-OH is 1. The summed E-state index contributed by atoms with van der Waals surface area (Å²) in [5.41, 5.74) is 0.0373. The fourth-order valence-corrected chi connectivity index (χ4v) is 2.21. The maximum absolute atomic E-state index is 9.66. The monoisotopic (exact) mass is 184 g/mol. The van der Waals surface area contributed by atoms with Crippen LogP contribution in [-0.4, -0.2) is 23.4 Å². The molecule has 2 nitrogen and oxygen atoms in total. The first-order valence-electron chi connectivity index (χ1n) is 5.50. The van der Waals surface area contributed by atoms with Gasteiger partial charge in [0.2, 0.25) is 0 Å². The van der Waals surface area contributed by atoms with Gasteiger partial charge >= 0.3 is 0 Å². The van der Waals surface area contributed by atoms with E-state index in [9.17, 15) is 5.11 Å². The Balaban J connectivity index is 1.86. The molecule has 2 rings (SSSR count).